The molecule has 2 heterocycles. The van der Waals surface area contributed by atoms with E-state index in [0.717, 1.165) is 5.69 Å². The molecule has 0 N–H and O–H groups in total. The van der Waals surface area contributed by atoms with Crippen molar-refractivity contribution in [2.24, 2.45) is 0 Å². The van der Waals surface area contributed by atoms with Crippen LogP contribution in [0, 0.1) is 0 Å². The number of carbonyl (C=O) groups excluding carboxylic acids is 1. The maximum absolute atomic E-state index is 12.7. The first-order valence-corrected chi connectivity index (χ1v) is 10.3. The van der Waals surface area contributed by atoms with E-state index in [2.05, 4.69) is 10.00 Å². The third kappa shape index (κ3) is 4.67. The van der Waals surface area contributed by atoms with E-state index >= 15 is 0 Å². The van der Waals surface area contributed by atoms with E-state index in [0.29, 0.717) is 38.3 Å². The molecule has 8 heteroatoms. The number of rotatable bonds is 5. The lowest BCUT2D eigenvalue weighted by molar-refractivity contribution is 0.0644. The van der Waals surface area contributed by atoms with Crippen molar-refractivity contribution < 1.29 is 13.2 Å². The van der Waals surface area contributed by atoms with Gasteiger partial charge in [-0.15, -0.1) is 0 Å². The molecular formula is C17H22N4O3S. The second kappa shape index (κ2) is 7.37. The number of nitrogens with zero attached hydrogens (tertiary/aromatic N) is 4. The highest BCUT2D eigenvalue weighted by molar-refractivity contribution is 7.90. The molecule has 0 aliphatic carbocycles. The van der Waals surface area contributed by atoms with Crippen molar-refractivity contribution in [1.29, 1.82) is 0 Å². The van der Waals surface area contributed by atoms with Gasteiger partial charge in [-0.3, -0.25) is 9.69 Å². The van der Waals surface area contributed by atoms with Gasteiger partial charge in [-0.2, -0.15) is 5.10 Å². The summed E-state index contributed by atoms with van der Waals surface area (Å²) in [4.78, 5) is 16.6. The quantitative estimate of drug-likeness (QED) is 0.782. The smallest absolute Gasteiger partial charge is 0.254 e. The Bertz CT molecular complexity index is 825. The average Bonchev–Trinajstić information content (AvgIpc) is 3.14. The first-order valence-electron chi connectivity index (χ1n) is 8.22. The number of carbonyl (C=O) groups is 1. The molecule has 134 valence electrons. The number of hydrogen-bond acceptors (Lipinski definition) is 5. The maximum atomic E-state index is 12.7. The Morgan fingerprint density at radius 2 is 1.92 bits per heavy atom. The minimum Gasteiger partial charge on any atom is -0.336 e. The summed E-state index contributed by atoms with van der Waals surface area (Å²) < 4.78 is 24.2. The molecule has 0 spiro atoms. The van der Waals surface area contributed by atoms with Gasteiger partial charge < -0.3 is 4.90 Å². The van der Waals surface area contributed by atoms with Crippen LogP contribution in [0.3, 0.4) is 0 Å². The van der Waals surface area contributed by atoms with Crippen LogP contribution in [0.25, 0.3) is 5.69 Å². The van der Waals surface area contributed by atoms with Crippen molar-refractivity contribution in [1.82, 2.24) is 19.6 Å². The zero-order valence-electron chi connectivity index (χ0n) is 14.2. The van der Waals surface area contributed by atoms with E-state index in [-0.39, 0.29) is 11.7 Å². The molecule has 7 nitrogen and oxygen atoms in total. The topological polar surface area (TPSA) is 75.5 Å². The minimum atomic E-state index is -2.95. The van der Waals surface area contributed by atoms with E-state index < -0.39 is 9.84 Å². The summed E-state index contributed by atoms with van der Waals surface area (Å²) in [6.45, 7) is 3.12. The SMILES string of the molecule is CS(=O)(=O)CCN1CCN(C(=O)c2cccc(-n3cccn3)c2)CC1. The lowest BCUT2D eigenvalue weighted by Gasteiger charge is -2.34. The second-order valence-electron chi connectivity index (χ2n) is 6.26. The van der Waals surface area contributed by atoms with Gasteiger partial charge in [0.15, 0.2) is 0 Å². The van der Waals surface area contributed by atoms with Gasteiger partial charge in [-0.05, 0) is 24.3 Å². The number of amides is 1. The highest BCUT2D eigenvalue weighted by Crippen LogP contribution is 2.13. The summed E-state index contributed by atoms with van der Waals surface area (Å²) in [6.07, 6.45) is 4.79. The summed E-state index contributed by atoms with van der Waals surface area (Å²) >= 11 is 0. The molecule has 1 aliphatic heterocycles. The fourth-order valence-electron chi connectivity index (χ4n) is 2.86. The zero-order valence-corrected chi connectivity index (χ0v) is 15.0. The van der Waals surface area contributed by atoms with Crippen LogP contribution in [0.15, 0.2) is 42.7 Å². The summed E-state index contributed by atoms with van der Waals surface area (Å²) in [7, 11) is -2.95. The largest absolute Gasteiger partial charge is 0.336 e. The molecule has 3 rings (SSSR count). The molecule has 1 amide bonds. The number of piperazine rings is 1. The van der Waals surface area contributed by atoms with E-state index in [1.807, 2.05) is 41.4 Å². The van der Waals surface area contributed by atoms with Crippen LogP contribution in [-0.4, -0.2) is 78.6 Å². The fraction of sp³-hybridized carbons (Fsp3) is 0.412. The Balaban J connectivity index is 1.60. The van der Waals surface area contributed by atoms with Crippen LogP contribution in [0.1, 0.15) is 10.4 Å². The number of aromatic nitrogens is 2. The number of benzene rings is 1. The number of sulfone groups is 1. The normalized spacial score (nSPS) is 16.1. The third-order valence-corrected chi connectivity index (χ3v) is 5.22. The lowest BCUT2D eigenvalue weighted by atomic mass is 10.1. The van der Waals surface area contributed by atoms with Gasteiger partial charge in [0.2, 0.25) is 0 Å². The first kappa shape index (κ1) is 17.6. The molecule has 0 unspecified atom stereocenters. The van der Waals surface area contributed by atoms with Crippen molar-refractivity contribution in [3.63, 3.8) is 0 Å². The Morgan fingerprint density at radius 3 is 2.56 bits per heavy atom. The van der Waals surface area contributed by atoms with E-state index in [9.17, 15) is 13.2 Å². The summed E-state index contributed by atoms with van der Waals surface area (Å²) in [5.74, 6) is 0.157. The minimum absolute atomic E-state index is 0.00299. The van der Waals surface area contributed by atoms with Crippen LogP contribution >= 0.6 is 0 Å². The standard InChI is InChI=1S/C17H22N4O3S/c1-25(23,24)13-12-19-8-10-20(11-9-19)17(22)15-4-2-5-16(14-15)21-7-3-6-18-21/h2-7,14H,8-13H2,1H3. The first-order chi connectivity index (χ1) is 11.9. The lowest BCUT2D eigenvalue weighted by Crippen LogP contribution is -2.49. The molecule has 1 aliphatic rings. The van der Waals surface area contributed by atoms with Gasteiger partial charge in [0.1, 0.15) is 9.84 Å². The third-order valence-electron chi connectivity index (χ3n) is 4.30. The van der Waals surface area contributed by atoms with Crippen molar-refractivity contribution in [3.8, 4) is 5.69 Å². The summed E-state index contributed by atoms with van der Waals surface area (Å²) in [5, 5.41) is 4.19. The maximum Gasteiger partial charge on any atom is 0.254 e. The molecule has 0 saturated carbocycles. The second-order valence-corrected chi connectivity index (χ2v) is 8.52. The average molecular weight is 362 g/mol. The highest BCUT2D eigenvalue weighted by Gasteiger charge is 2.22. The molecule has 0 radical (unpaired) electrons. The highest BCUT2D eigenvalue weighted by atomic mass is 32.2. The van der Waals surface area contributed by atoms with Crippen LogP contribution in [-0.2, 0) is 9.84 Å². The summed E-state index contributed by atoms with van der Waals surface area (Å²) in [5.41, 5.74) is 1.49. The molecule has 1 aromatic carbocycles. The van der Waals surface area contributed by atoms with Gasteiger partial charge in [0.25, 0.3) is 5.91 Å². The van der Waals surface area contributed by atoms with Gasteiger partial charge in [-0.1, -0.05) is 6.07 Å². The van der Waals surface area contributed by atoms with Crippen molar-refractivity contribution in [2.45, 2.75) is 0 Å². The van der Waals surface area contributed by atoms with Crippen molar-refractivity contribution in [3.05, 3.63) is 48.3 Å². The molecular weight excluding hydrogens is 340 g/mol. The number of hydrogen-bond donors (Lipinski definition) is 0. The van der Waals surface area contributed by atoms with Crippen LogP contribution in [0.4, 0.5) is 0 Å². The van der Waals surface area contributed by atoms with E-state index in [1.54, 1.807) is 10.9 Å². The predicted molar refractivity (Wildman–Crippen MR) is 95.6 cm³/mol. The molecule has 1 fully saturated rings. The Morgan fingerprint density at radius 1 is 1.16 bits per heavy atom. The summed E-state index contributed by atoms with van der Waals surface area (Å²) in [6, 6.07) is 9.25. The van der Waals surface area contributed by atoms with Crippen molar-refractivity contribution in [2.75, 3.05) is 44.7 Å². The molecule has 25 heavy (non-hydrogen) atoms. The molecule has 1 aromatic heterocycles. The van der Waals surface area contributed by atoms with Crippen LogP contribution < -0.4 is 0 Å². The Hall–Kier alpha value is -2.19. The molecule has 0 atom stereocenters. The van der Waals surface area contributed by atoms with E-state index in [1.165, 1.54) is 6.26 Å². The van der Waals surface area contributed by atoms with Gasteiger partial charge in [-0.25, -0.2) is 13.1 Å². The fourth-order valence-corrected chi connectivity index (χ4v) is 3.44. The van der Waals surface area contributed by atoms with Crippen LogP contribution in [0.2, 0.25) is 0 Å². The molecule has 1 saturated heterocycles. The molecule has 2 aromatic rings. The Kier molecular flexibility index (Phi) is 5.19. The van der Waals surface area contributed by atoms with Gasteiger partial charge in [0, 0.05) is 56.9 Å². The van der Waals surface area contributed by atoms with Crippen molar-refractivity contribution >= 4 is 15.7 Å². The monoisotopic (exact) mass is 362 g/mol. The predicted octanol–water partition coefficient (Wildman–Crippen LogP) is 0.675. The van der Waals surface area contributed by atoms with Gasteiger partial charge in [0.05, 0.1) is 11.4 Å². The van der Waals surface area contributed by atoms with Crippen LogP contribution in [0.5, 0.6) is 0 Å². The molecule has 0 bridgehead atoms. The Labute approximate surface area is 147 Å². The van der Waals surface area contributed by atoms with E-state index in [4.69, 9.17) is 0 Å². The zero-order chi connectivity index (χ0) is 17.9. The van der Waals surface area contributed by atoms with Gasteiger partial charge >= 0.3 is 0 Å².